The number of anilines is 2. The quantitative estimate of drug-likeness (QED) is 0.180. The molecule has 214 valence electrons. The van der Waals surface area contributed by atoms with Gasteiger partial charge in [0.05, 0.1) is 6.20 Å². The van der Waals surface area contributed by atoms with E-state index in [-0.39, 0.29) is 17.7 Å². The molecule has 0 radical (unpaired) electrons. The minimum absolute atomic E-state index is 0.0134. The number of nitrogens with one attached hydrogen (secondary N) is 1. The molecule has 9 nitrogen and oxygen atoms in total. The van der Waals surface area contributed by atoms with Crippen LogP contribution >= 0.6 is 11.3 Å². The van der Waals surface area contributed by atoms with Crippen molar-refractivity contribution in [1.29, 1.82) is 0 Å². The summed E-state index contributed by atoms with van der Waals surface area (Å²) in [5.41, 5.74) is 12.8. The van der Waals surface area contributed by atoms with E-state index >= 15 is 4.39 Å². The molecule has 0 saturated carbocycles. The molecule has 0 atom stereocenters. The maximum absolute atomic E-state index is 15.6. The zero-order chi connectivity index (χ0) is 30.2. The van der Waals surface area contributed by atoms with Crippen molar-refractivity contribution in [1.82, 2.24) is 20.1 Å². The maximum atomic E-state index is 15.6. The summed E-state index contributed by atoms with van der Waals surface area (Å²) in [6.07, 6.45) is 6.37. The zero-order valence-corrected chi connectivity index (χ0v) is 24.3. The van der Waals surface area contributed by atoms with Crippen LogP contribution in [0.4, 0.5) is 15.9 Å². The molecule has 1 amide bonds. The number of rotatable bonds is 7. The topological polar surface area (TPSA) is 129 Å². The second-order valence-corrected chi connectivity index (χ2v) is 11.0. The molecule has 0 spiro atoms. The lowest BCUT2D eigenvalue weighted by Gasteiger charge is -2.12. The number of aryl methyl sites for hydroxylation is 2. The van der Waals surface area contributed by atoms with Crippen LogP contribution in [0, 0.1) is 19.7 Å². The summed E-state index contributed by atoms with van der Waals surface area (Å²) in [6, 6.07) is 12.1. The normalized spacial score (nSPS) is 11.1. The Bertz CT molecular complexity index is 2040. The van der Waals surface area contributed by atoms with Gasteiger partial charge in [-0.1, -0.05) is 23.9 Å². The summed E-state index contributed by atoms with van der Waals surface area (Å²) in [5, 5.41) is 7.38. The van der Waals surface area contributed by atoms with Gasteiger partial charge in [0.15, 0.2) is 11.6 Å². The lowest BCUT2D eigenvalue weighted by Crippen LogP contribution is -2.11. The second-order valence-electron chi connectivity index (χ2n) is 9.97. The van der Waals surface area contributed by atoms with Crippen LogP contribution < -0.4 is 15.8 Å². The highest BCUT2D eigenvalue weighted by Gasteiger charge is 2.24. The van der Waals surface area contributed by atoms with E-state index in [0.717, 1.165) is 31.8 Å². The minimum atomic E-state index is -0.593. The van der Waals surface area contributed by atoms with Gasteiger partial charge in [-0.3, -0.25) is 4.79 Å². The number of carbonyl (C=O) groups excluding carboxylic acids is 1. The third-order valence-corrected chi connectivity index (χ3v) is 8.05. The number of aromatic nitrogens is 4. The molecule has 0 bridgehead atoms. The lowest BCUT2D eigenvalue weighted by atomic mass is 9.95. The van der Waals surface area contributed by atoms with Gasteiger partial charge in [0.25, 0.3) is 5.91 Å². The van der Waals surface area contributed by atoms with Crippen LogP contribution in [0.3, 0.4) is 0 Å². The molecule has 0 aliphatic carbocycles. The first-order chi connectivity index (χ1) is 20.7. The van der Waals surface area contributed by atoms with Gasteiger partial charge in [-0.15, -0.1) is 11.3 Å². The number of nitrogen functional groups attached to an aromatic ring is 1. The van der Waals surface area contributed by atoms with Crippen molar-refractivity contribution in [2.75, 3.05) is 11.1 Å². The van der Waals surface area contributed by atoms with Crippen molar-refractivity contribution in [3.8, 4) is 44.5 Å². The van der Waals surface area contributed by atoms with E-state index in [9.17, 15) is 4.79 Å². The molecule has 4 heterocycles. The highest BCUT2D eigenvalue weighted by Crippen LogP contribution is 2.50. The zero-order valence-electron chi connectivity index (χ0n) is 23.4. The molecular weight excluding hydrogens is 567 g/mol. The van der Waals surface area contributed by atoms with Gasteiger partial charge in [-0.2, -0.15) is 0 Å². The molecule has 0 unspecified atom stereocenters. The smallest absolute Gasteiger partial charge is 0.322 e. The molecule has 2 aromatic carbocycles. The third-order valence-electron chi connectivity index (χ3n) is 6.80. The first-order valence-corrected chi connectivity index (χ1v) is 14.0. The molecule has 4 aromatic heterocycles. The number of nitrogens with zero attached hydrogens (tertiary/aromatic N) is 4. The predicted octanol–water partition coefficient (Wildman–Crippen LogP) is 7.72. The monoisotopic (exact) mass is 592 g/mol. The Balaban J connectivity index is 1.53. The number of carbonyl (C=O) groups is 1. The van der Waals surface area contributed by atoms with Gasteiger partial charge in [-0.05, 0) is 67.8 Å². The van der Waals surface area contributed by atoms with Crippen LogP contribution in [0.5, 0.6) is 11.8 Å². The van der Waals surface area contributed by atoms with Crippen molar-refractivity contribution in [3.05, 3.63) is 96.5 Å². The molecule has 0 fully saturated rings. The molecule has 0 aliphatic heterocycles. The van der Waals surface area contributed by atoms with Crippen LogP contribution in [-0.4, -0.2) is 26.0 Å². The Morgan fingerprint density at radius 1 is 1.07 bits per heavy atom. The molecule has 0 aliphatic rings. The number of benzene rings is 2. The van der Waals surface area contributed by atoms with Crippen molar-refractivity contribution in [2.24, 2.45) is 0 Å². The van der Waals surface area contributed by atoms with Crippen molar-refractivity contribution in [3.63, 3.8) is 0 Å². The van der Waals surface area contributed by atoms with Gasteiger partial charge < -0.3 is 20.3 Å². The van der Waals surface area contributed by atoms with E-state index < -0.39 is 5.82 Å². The summed E-state index contributed by atoms with van der Waals surface area (Å²) in [6.45, 7) is 9.09. The summed E-state index contributed by atoms with van der Waals surface area (Å²) in [5.74, 6) is -0.574. The van der Waals surface area contributed by atoms with Gasteiger partial charge in [0.1, 0.15) is 12.1 Å². The van der Waals surface area contributed by atoms with E-state index in [1.807, 2.05) is 25.1 Å². The first kappa shape index (κ1) is 27.7. The van der Waals surface area contributed by atoms with E-state index in [4.69, 9.17) is 15.0 Å². The molecule has 3 N–H and O–H groups in total. The average molecular weight is 593 g/mol. The number of fused-ring (bicyclic) bond motifs is 1. The number of nitrogens with two attached hydrogens (primary N) is 1. The molecule has 43 heavy (non-hydrogen) atoms. The van der Waals surface area contributed by atoms with Crippen molar-refractivity contribution in [2.45, 2.75) is 20.8 Å². The van der Waals surface area contributed by atoms with Gasteiger partial charge in [-0.25, -0.2) is 19.3 Å². The van der Waals surface area contributed by atoms with Crippen molar-refractivity contribution >= 4 is 38.8 Å². The molecule has 6 aromatic rings. The fraction of sp³-hybridized carbons (Fsp3) is 0.0938. The highest BCUT2D eigenvalue weighted by atomic mass is 32.1. The minimum Gasteiger partial charge on any atom is -0.421 e. The van der Waals surface area contributed by atoms with E-state index in [0.29, 0.717) is 39.3 Å². The Labute approximate surface area is 249 Å². The van der Waals surface area contributed by atoms with Crippen LogP contribution in [0.2, 0.25) is 0 Å². The molecule has 0 saturated heterocycles. The van der Waals surface area contributed by atoms with Gasteiger partial charge >= 0.3 is 6.01 Å². The van der Waals surface area contributed by atoms with Crippen LogP contribution in [-0.2, 0) is 4.79 Å². The lowest BCUT2D eigenvalue weighted by molar-refractivity contribution is -0.112. The summed E-state index contributed by atoms with van der Waals surface area (Å²) < 4.78 is 27.2. The number of pyridine rings is 1. The van der Waals surface area contributed by atoms with Crippen LogP contribution in [0.1, 0.15) is 18.2 Å². The fourth-order valence-electron chi connectivity index (χ4n) is 4.68. The number of hydrogen-bond donors (Lipinski definition) is 2. The standard InChI is InChI=1S/C32H25FN6O3S/c1-16(2)31(40)39-21-6-7-22(17(3)11-21)28-26(27-29(43-28)23(14-36-30(27)34)20-13-37-41-15-20)19-5-8-25(24(33)12-19)42-32-35-10-9-18(4)38-32/h5-15H,1H2,2-4H3,(H2,34,36)(H,39,40). The van der Waals surface area contributed by atoms with Gasteiger partial charge in [0, 0.05) is 61.0 Å². The Morgan fingerprint density at radius 3 is 2.60 bits per heavy atom. The predicted molar refractivity (Wildman–Crippen MR) is 165 cm³/mol. The SMILES string of the molecule is C=C(C)C(=O)Nc1ccc(-c2sc3c(-c4cnoc4)cnc(N)c3c2-c2ccc(Oc3nccc(C)n3)c(F)c2)c(C)c1. The largest absolute Gasteiger partial charge is 0.421 e. The number of hydrogen-bond acceptors (Lipinski definition) is 9. The Morgan fingerprint density at radius 2 is 1.91 bits per heavy atom. The van der Waals surface area contributed by atoms with Crippen LogP contribution in [0.25, 0.3) is 42.8 Å². The Kier molecular flexibility index (Phi) is 7.16. The fourth-order valence-corrected chi connectivity index (χ4v) is 6.13. The third kappa shape index (κ3) is 5.33. The number of halogens is 1. The maximum Gasteiger partial charge on any atom is 0.322 e. The van der Waals surface area contributed by atoms with E-state index in [1.165, 1.54) is 23.7 Å². The van der Waals surface area contributed by atoms with Crippen LogP contribution in [0.15, 0.2) is 84.0 Å². The molecule has 6 rings (SSSR count). The van der Waals surface area contributed by atoms with Crippen molar-refractivity contribution < 1.29 is 18.4 Å². The summed E-state index contributed by atoms with van der Waals surface area (Å²) >= 11 is 1.50. The highest BCUT2D eigenvalue weighted by molar-refractivity contribution is 7.23. The average Bonchev–Trinajstić information content (AvgIpc) is 3.64. The van der Waals surface area contributed by atoms with E-state index in [2.05, 4.69) is 32.0 Å². The number of amides is 1. The summed E-state index contributed by atoms with van der Waals surface area (Å²) in [7, 11) is 0. The molecular formula is C32H25FN6O3S. The second kappa shape index (κ2) is 11.1. The van der Waals surface area contributed by atoms with E-state index in [1.54, 1.807) is 50.6 Å². The van der Waals surface area contributed by atoms with Gasteiger partial charge in [0.2, 0.25) is 0 Å². The Hall–Kier alpha value is -5.42. The molecule has 11 heteroatoms. The number of thiophene rings is 1. The number of ether oxygens (including phenoxy) is 1. The first-order valence-electron chi connectivity index (χ1n) is 13.2. The summed E-state index contributed by atoms with van der Waals surface area (Å²) in [4.78, 5) is 25.8.